The van der Waals surface area contributed by atoms with Gasteiger partial charge in [-0.3, -0.25) is 0 Å². The summed E-state index contributed by atoms with van der Waals surface area (Å²) in [5, 5.41) is 3.59. The third kappa shape index (κ3) is 5.30. The van der Waals surface area contributed by atoms with Crippen LogP contribution in [0.2, 0.25) is 0 Å². The molecule has 1 aliphatic rings. The highest BCUT2D eigenvalue weighted by Gasteiger charge is 2.30. The lowest BCUT2D eigenvalue weighted by atomic mass is 10.1. The van der Waals surface area contributed by atoms with Crippen LogP contribution < -0.4 is 10.2 Å². The predicted molar refractivity (Wildman–Crippen MR) is 95.9 cm³/mol. The highest BCUT2D eigenvalue weighted by Crippen LogP contribution is 2.35. The number of halogens is 1. The Bertz CT molecular complexity index is 453. The minimum Gasteiger partial charge on any atom is -0.368 e. The Balaban J connectivity index is 2.16. The second kappa shape index (κ2) is 7.64. The van der Waals surface area contributed by atoms with Gasteiger partial charge in [0.2, 0.25) is 0 Å². The number of benzene rings is 1. The van der Waals surface area contributed by atoms with Crippen LogP contribution in [0.15, 0.2) is 22.7 Å². The Morgan fingerprint density at radius 1 is 1.19 bits per heavy atom. The van der Waals surface area contributed by atoms with Crippen LogP contribution in [0.1, 0.15) is 46.1 Å². The SMILES string of the molecule is CC(C)CNCc1ccc(Br)cc1N(CC(C)C)C1CC1. The molecule has 1 saturated carbocycles. The van der Waals surface area contributed by atoms with E-state index in [2.05, 4.69) is 72.0 Å². The summed E-state index contributed by atoms with van der Waals surface area (Å²) in [6.45, 7) is 12.3. The van der Waals surface area contributed by atoms with Gasteiger partial charge >= 0.3 is 0 Å². The average Bonchev–Trinajstić information content (AvgIpc) is 3.21. The lowest BCUT2D eigenvalue weighted by Gasteiger charge is -2.29. The second-order valence-corrected chi connectivity index (χ2v) is 7.99. The Kier molecular flexibility index (Phi) is 6.12. The van der Waals surface area contributed by atoms with E-state index in [1.165, 1.54) is 28.6 Å². The van der Waals surface area contributed by atoms with Crippen molar-refractivity contribution in [2.45, 2.75) is 53.1 Å². The molecule has 0 saturated heterocycles. The van der Waals surface area contributed by atoms with Crippen LogP contribution in [0.3, 0.4) is 0 Å². The van der Waals surface area contributed by atoms with Gasteiger partial charge in [-0.05, 0) is 48.9 Å². The fraction of sp³-hybridized carbons (Fsp3) is 0.667. The highest BCUT2D eigenvalue weighted by atomic mass is 79.9. The summed E-state index contributed by atoms with van der Waals surface area (Å²) in [5.41, 5.74) is 2.84. The molecule has 1 aliphatic carbocycles. The lowest BCUT2D eigenvalue weighted by Crippen LogP contribution is -2.31. The van der Waals surface area contributed by atoms with Gasteiger partial charge in [-0.15, -0.1) is 0 Å². The summed E-state index contributed by atoms with van der Waals surface area (Å²) in [6, 6.07) is 7.48. The van der Waals surface area contributed by atoms with Crippen LogP contribution >= 0.6 is 15.9 Å². The molecular formula is C18H29BrN2. The minimum absolute atomic E-state index is 0.694. The first kappa shape index (κ1) is 16.8. The Morgan fingerprint density at radius 2 is 1.90 bits per heavy atom. The van der Waals surface area contributed by atoms with E-state index in [-0.39, 0.29) is 0 Å². The van der Waals surface area contributed by atoms with Gasteiger partial charge in [-0.1, -0.05) is 49.7 Å². The maximum absolute atomic E-state index is 3.64. The Morgan fingerprint density at radius 3 is 2.48 bits per heavy atom. The van der Waals surface area contributed by atoms with Crippen molar-refractivity contribution in [3.63, 3.8) is 0 Å². The third-order valence-corrected chi connectivity index (χ3v) is 4.27. The first-order valence-electron chi connectivity index (χ1n) is 8.23. The molecule has 1 fully saturated rings. The number of hydrogen-bond donors (Lipinski definition) is 1. The van der Waals surface area contributed by atoms with E-state index >= 15 is 0 Å². The molecule has 0 unspecified atom stereocenters. The van der Waals surface area contributed by atoms with Gasteiger partial charge in [0.15, 0.2) is 0 Å². The minimum atomic E-state index is 0.694. The van der Waals surface area contributed by atoms with Crippen LogP contribution in [0.4, 0.5) is 5.69 Å². The monoisotopic (exact) mass is 352 g/mol. The lowest BCUT2D eigenvalue weighted by molar-refractivity contribution is 0.550. The fourth-order valence-electron chi connectivity index (χ4n) is 2.67. The zero-order chi connectivity index (χ0) is 15.4. The van der Waals surface area contributed by atoms with Gasteiger partial charge < -0.3 is 10.2 Å². The van der Waals surface area contributed by atoms with Crippen molar-refractivity contribution in [1.29, 1.82) is 0 Å². The molecule has 1 aromatic carbocycles. The van der Waals surface area contributed by atoms with Crippen LogP contribution in [-0.2, 0) is 6.54 Å². The molecule has 0 radical (unpaired) electrons. The van der Waals surface area contributed by atoms with Gasteiger partial charge in [0.05, 0.1) is 0 Å². The average molecular weight is 353 g/mol. The van der Waals surface area contributed by atoms with Crippen LogP contribution in [0.25, 0.3) is 0 Å². The van der Waals surface area contributed by atoms with Crippen molar-refractivity contribution in [3.05, 3.63) is 28.2 Å². The van der Waals surface area contributed by atoms with Crippen LogP contribution in [0.5, 0.6) is 0 Å². The number of hydrogen-bond acceptors (Lipinski definition) is 2. The molecule has 3 heteroatoms. The quantitative estimate of drug-likeness (QED) is 0.721. The van der Waals surface area contributed by atoms with Gasteiger partial charge in [-0.2, -0.15) is 0 Å². The predicted octanol–water partition coefficient (Wildman–Crippen LogP) is 4.82. The molecule has 2 nitrogen and oxygen atoms in total. The molecule has 1 N–H and O–H groups in total. The summed E-state index contributed by atoms with van der Waals surface area (Å²) < 4.78 is 1.18. The normalized spacial score (nSPS) is 15.0. The van der Waals surface area contributed by atoms with Crippen LogP contribution in [0, 0.1) is 11.8 Å². The summed E-state index contributed by atoms with van der Waals surface area (Å²) in [5.74, 6) is 1.39. The van der Waals surface area contributed by atoms with Crippen molar-refractivity contribution >= 4 is 21.6 Å². The maximum Gasteiger partial charge on any atom is 0.0425 e. The topological polar surface area (TPSA) is 15.3 Å². The highest BCUT2D eigenvalue weighted by molar-refractivity contribution is 9.10. The van der Waals surface area contributed by atoms with Gasteiger partial charge in [0.1, 0.15) is 0 Å². The molecule has 0 heterocycles. The number of rotatable bonds is 8. The van der Waals surface area contributed by atoms with Gasteiger partial charge in [-0.25, -0.2) is 0 Å². The summed E-state index contributed by atoms with van der Waals surface area (Å²) in [7, 11) is 0. The smallest absolute Gasteiger partial charge is 0.0425 e. The van der Waals surface area contributed by atoms with Gasteiger partial charge in [0, 0.05) is 29.3 Å². The van der Waals surface area contributed by atoms with Crippen molar-refractivity contribution in [3.8, 4) is 0 Å². The Labute approximate surface area is 138 Å². The standard InChI is InChI=1S/C18H29BrN2/c1-13(2)10-20-11-15-5-6-16(19)9-18(15)21(12-14(3)4)17-7-8-17/h5-6,9,13-14,17,20H,7-8,10-12H2,1-4H3. The fourth-order valence-corrected chi connectivity index (χ4v) is 3.02. The van der Waals surface area contributed by atoms with E-state index in [1.807, 2.05) is 0 Å². The molecule has 1 aromatic rings. The molecule has 0 atom stereocenters. The van der Waals surface area contributed by atoms with Crippen LogP contribution in [-0.4, -0.2) is 19.1 Å². The van der Waals surface area contributed by atoms with E-state index < -0.39 is 0 Å². The molecule has 0 bridgehead atoms. The van der Waals surface area contributed by atoms with E-state index in [0.29, 0.717) is 11.8 Å². The van der Waals surface area contributed by atoms with Crippen molar-refractivity contribution < 1.29 is 0 Å². The largest absolute Gasteiger partial charge is 0.368 e. The van der Waals surface area contributed by atoms with Crippen molar-refractivity contribution in [2.24, 2.45) is 11.8 Å². The third-order valence-electron chi connectivity index (χ3n) is 3.77. The molecular weight excluding hydrogens is 324 g/mol. The first-order valence-corrected chi connectivity index (χ1v) is 9.02. The van der Waals surface area contributed by atoms with E-state index in [0.717, 1.165) is 25.7 Å². The first-order chi connectivity index (χ1) is 9.97. The molecule has 0 amide bonds. The molecule has 0 spiro atoms. The molecule has 118 valence electrons. The zero-order valence-corrected chi connectivity index (χ0v) is 15.4. The molecule has 0 aliphatic heterocycles. The van der Waals surface area contributed by atoms with Gasteiger partial charge in [0.25, 0.3) is 0 Å². The molecule has 0 aromatic heterocycles. The maximum atomic E-state index is 3.64. The zero-order valence-electron chi connectivity index (χ0n) is 13.8. The molecule has 2 rings (SSSR count). The van der Waals surface area contributed by atoms with Crippen molar-refractivity contribution in [2.75, 3.05) is 18.0 Å². The van der Waals surface area contributed by atoms with Crippen molar-refractivity contribution in [1.82, 2.24) is 5.32 Å². The molecule has 21 heavy (non-hydrogen) atoms. The van der Waals surface area contributed by atoms with E-state index in [1.54, 1.807) is 0 Å². The summed E-state index contributed by atoms with van der Waals surface area (Å²) >= 11 is 3.64. The summed E-state index contributed by atoms with van der Waals surface area (Å²) in [6.07, 6.45) is 2.69. The summed E-state index contributed by atoms with van der Waals surface area (Å²) in [4.78, 5) is 2.63. The number of nitrogens with zero attached hydrogens (tertiary/aromatic N) is 1. The number of nitrogens with one attached hydrogen (secondary N) is 1. The Hall–Kier alpha value is -0.540. The van der Waals surface area contributed by atoms with E-state index in [4.69, 9.17) is 0 Å². The van der Waals surface area contributed by atoms with E-state index in [9.17, 15) is 0 Å². The number of anilines is 1. The second-order valence-electron chi connectivity index (χ2n) is 7.08.